The molecule has 1 aliphatic carbocycles. The molecule has 1 saturated carbocycles. The summed E-state index contributed by atoms with van der Waals surface area (Å²) >= 11 is 0. The minimum Gasteiger partial charge on any atom is -0.493 e. The standard InChI is InChI=1S/C26H39NO4/c1-5-6-22-20(21-13-24(31-4)23(30-3)11-17(21)2)7-9-27-15-18-12-19(8-10-28)25(27)26(22,14-18)16-29/h11,13,18-19,25,28-29H,5-10,12,14-16H2,1-4H3/t18-,19?,25?,26?/m0/s1. The van der Waals surface area contributed by atoms with Gasteiger partial charge in [-0.2, -0.15) is 0 Å². The third-order valence-electron chi connectivity index (χ3n) is 8.14. The van der Waals surface area contributed by atoms with Gasteiger partial charge >= 0.3 is 0 Å². The Labute approximate surface area is 187 Å². The van der Waals surface area contributed by atoms with E-state index in [2.05, 4.69) is 30.9 Å². The highest BCUT2D eigenvalue weighted by molar-refractivity contribution is 5.75. The van der Waals surface area contributed by atoms with Crippen molar-refractivity contribution < 1.29 is 19.7 Å². The maximum absolute atomic E-state index is 11.0. The molecule has 5 atom stereocenters. The number of nitrogens with zero attached hydrogens (tertiary/aromatic N) is 1. The van der Waals surface area contributed by atoms with Crippen LogP contribution in [-0.4, -0.2) is 61.7 Å². The minimum absolute atomic E-state index is 0.192. The van der Waals surface area contributed by atoms with Crippen LogP contribution in [-0.2, 0) is 0 Å². The van der Waals surface area contributed by atoms with Crippen molar-refractivity contribution in [2.24, 2.45) is 17.3 Å². The summed E-state index contributed by atoms with van der Waals surface area (Å²) in [6, 6.07) is 4.54. The molecule has 5 heteroatoms. The zero-order chi connectivity index (χ0) is 22.2. The Balaban J connectivity index is 1.91. The molecular formula is C26H39NO4. The van der Waals surface area contributed by atoms with Crippen molar-refractivity contribution in [2.45, 2.75) is 58.4 Å². The summed E-state index contributed by atoms with van der Waals surface area (Å²) in [4.78, 5) is 2.65. The largest absolute Gasteiger partial charge is 0.493 e. The first-order chi connectivity index (χ1) is 15.0. The van der Waals surface area contributed by atoms with E-state index in [1.165, 1.54) is 28.7 Å². The van der Waals surface area contributed by atoms with Crippen LogP contribution in [0.5, 0.6) is 11.5 Å². The second-order valence-corrected chi connectivity index (χ2v) is 9.81. The van der Waals surface area contributed by atoms with Gasteiger partial charge in [0.15, 0.2) is 11.5 Å². The van der Waals surface area contributed by atoms with E-state index in [0.29, 0.717) is 17.9 Å². The predicted octanol–water partition coefficient (Wildman–Crippen LogP) is 4.04. The zero-order valence-electron chi connectivity index (χ0n) is 19.6. The first-order valence-electron chi connectivity index (χ1n) is 11.9. The average Bonchev–Trinajstić information content (AvgIpc) is 2.87. The summed E-state index contributed by atoms with van der Waals surface area (Å²) in [6.45, 7) is 6.96. The third-order valence-corrected chi connectivity index (χ3v) is 8.14. The lowest BCUT2D eigenvalue weighted by Gasteiger charge is -2.60. The molecule has 0 spiro atoms. The lowest BCUT2D eigenvalue weighted by Crippen LogP contribution is -2.64. The molecule has 4 bridgehead atoms. The summed E-state index contributed by atoms with van der Waals surface area (Å²) in [6.07, 6.45) is 6.15. The highest BCUT2D eigenvalue weighted by Crippen LogP contribution is 2.58. The Bertz CT molecular complexity index is 835. The summed E-state index contributed by atoms with van der Waals surface area (Å²) in [5.41, 5.74) is 5.07. The molecule has 2 N–H and O–H groups in total. The zero-order valence-corrected chi connectivity index (χ0v) is 19.6. The molecule has 5 rings (SSSR count). The monoisotopic (exact) mass is 429 g/mol. The highest BCUT2D eigenvalue weighted by Gasteiger charge is 2.57. The Kier molecular flexibility index (Phi) is 6.66. The van der Waals surface area contributed by atoms with Gasteiger partial charge in [-0.1, -0.05) is 18.9 Å². The van der Waals surface area contributed by atoms with Crippen LogP contribution >= 0.6 is 0 Å². The number of fused-ring (bicyclic) bond motifs is 1. The van der Waals surface area contributed by atoms with Crippen molar-refractivity contribution >= 4 is 5.57 Å². The van der Waals surface area contributed by atoms with Gasteiger partial charge in [0.1, 0.15) is 0 Å². The van der Waals surface area contributed by atoms with Gasteiger partial charge in [0.25, 0.3) is 0 Å². The van der Waals surface area contributed by atoms with E-state index >= 15 is 0 Å². The molecule has 3 heterocycles. The average molecular weight is 430 g/mol. The highest BCUT2D eigenvalue weighted by atomic mass is 16.5. The smallest absolute Gasteiger partial charge is 0.161 e. The molecule has 31 heavy (non-hydrogen) atoms. The normalized spacial score (nSPS) is 32.2. The van der Waals surface area contributed by atoms with E-state index in [4.69, 9.17) is 9.47 Å². The van der Waals surface area contributed by atoms with Crippen LogP contribution in [0.1, 0.15) is 56.6 Å². The summed E-state index contributed by atoms with van der Waals surface area (Å²) in [5, 5.41) is 20.7. The molecule has 2 saturated heterocycles. The number of hydrogen-bond acceptors (Lipinski definition) is 5. The van der Waals surface area contributed by atoms with Crippen LogP contribution in [0.15, 0.2) is 17.7 Å². The van der Waals surface area contributed by atoms with Gasteiger partial charge in [0.2, 0.25) is 0 Å². The van der Waals surface area contributed by atoms with Crippen LogP contribution in [0.3, 0.4) is 0 Å². The Morgan fingerprint density at radius 1 is 1.16 bits per heavy atom. The van der Waals surface area contributed by atoms with E-state index < -0.39 is 0 Å². The molecule has 4 unspecified atom stereocenters. The van der Waals surface area contributed by atoms with Gasteiger partial charge in [-0.25, -0.2) is 0 Å². The topological polar surface area (TPSA) is 62.2 Å². The second kappa shape index (κ2) is 9.13. The number of rotatable bonds is 8. The van der Waals surface area contributed by atoms with Crippen molar-refractivity contribution in [3.63, 3.8) is 0 Å². The van der Waals surface area contributed by atoms with Gasteiger partial charge in [0.05, 0.1) is 20.8 Å². The van der Waals surface area contributed by atoms with Gasteiger partial charge in [0, 0.05) is 31.2 Å². The number of ether oxygens (including phenoxy) is 2. The molecule has 172 valence electrons. The first kappa shape index (κ1) is 22.6. The summed E-state index contributed by atoms with van der Waals surface area (Å²) in [7, 11) is 3.37. The number of aliphatic hydroxyl groups excluding tert-OH is 2. The van der Waals surface area contributed by atoms with Crippen LogP contribution in [0.25, 0.3) is 5.57 Å². The molecule has 3 fully saturated rings. The van der Waals surface area contributed by atoms with Crippen molar-refractivity contribution in [3.8, 4) is 11.5 Å². The first-order valence-corrected chi connectivity index (χ1v) is 11.9. The van der Waals surface area contributed by atoms with Crippen LogP contribution in [0.2, 0.25) is 0 Å². The van der Waals surface area contributed by atoms with Crippen molar-refractivity contribution in [3.05, 3.63) is 28.8 Å². The molecule has 4 aliphatic rings. The van der Waals surface area contributed by atoms with E-state index in [-0.39, 0.29) is 18.6 Å². The number of methoxy groups -OCH3 is 2. The Morgan fingerprint density at radius 3 is 2.55 bits per heavy atom. The predicted molar refractivity (Wildman–Crippen MR) is 124 cm³/mol. The quantitative estimate of drug-likeness (QED) is 0.653. The number of aliphatic hydroxyl groups is 2. The third kappa shape index (κ3) is 3.69. The molecule has 1 aromatic rings. The molecule has 0 aromatic heterocycles. The fraction of sp³-hybridized carbons (Fsp3) is 0.692. The fourth-order valence-electron chi connectivity index (χ4n) is 7.15. The maximum atomic E-state index is 11.0. The van der Waals surface area contributed by atoms with E-state index in [9.17, 15) is 10.2 Å². The van der Waals surface area contributed by atoms with Crippen molar-refractivity contribution in [1.29, 1.82) is 0 Å². The number of benzene rings is 1. The molecule has 3 aliphatic heterocycles. The van der Waals surface area contributed by atoms with Crippen molar-refractivity contribution in [2.75, 3.05) is 40.5 Å². The Morgan fingerprint density at radius 2 is 1.90 bits per heavy atom. The summed E-state index contributed by atoms with van der Waals surface area (Å²) in [5.74, 6) is 2.59. The van der Waals surface area contributed by atoms with E-state index in [0.717, 1.165) is 56.7 Å². The lowest BCUT2D eigenvalue weighted by molar-refractivity contribution is -0.103. The van der Waals surface area contributed by atoms with Crippen molar-refractivity contribution in [1.82, 2.24) is 4.90 Å². The lowest BCUT2D eigenvalue weighted by atomic mass is 9.54. The van der Waals surface area contributed by atoms with Crippen LogP contribution in [0, 0.1) is 24.2 Å². The van der Waals surface area contributed by atoms with Crippen LogP contribution in [0.4, 0.5) is 0 Å². The maximum Gasteiger partial charge on any atom is 0.161 e. The molecule has 5 nitrogen and oxygen atoms in total. The minimum atomic E-state index is -0.206. The second-order valence-electron chi connectivity index (χ2n) is 9.81. The SMILES string of the molecule is CCCC1=C(c2cc(OC)c(OC)cc2C)CCN2C[C@H]3CC(CCO)C2C1(CO)C3. The van der Waals surface area contributed by atoms with Gasteiger partial charge in [-0.3, -0.25) is 4.90 Å². The van der Waals surface area contributed by atoms with Gasteiger partial charge in [-0.15, -0.1) is 0 Å². The molecular weight excluding hydrogens is 390 g/mol. The van der Waals surface area contributed by atoms with E-state index in [1.807, 2.05) is 0 Å². The molecule has 1 aromatic carbocycles. The van der Waals surface area contributed by atoms with Gasteiger partial charge in [-0.05, 0) is 79.7 Å². The van der Waals surface area contributed by atoms with E-state index in [1.54, 1.807) is 14.2 Å². The Hall–Kier alpha value is -1.56. The molecule has 0 amide bonds. The number of hydrogen-bond donors (Lipinski definition) is 2. The molecule has 0 radical (unpaired) electrons. The fourth-order valence-corrected chi connectivity index (χ4v) is 7.15. The number of aryl methyl sites for hydroxylation is 1. The summed E-state index contributed by atoms with van der Waals surface area (Å²) < 4.78 is 11.2. The van der Waals surface area contributed by atoms with Crippen LogP contribution < -0.4 is 9.47 Å². The number of piperidine rings is 2. The van der Waals surface area contributed by atoms with Gasteiger partial charge < -0.3 is 19.7 Å².